The van der Waals surface area contributed by atoms with E-state index in [0.717, 1.165) is 22.1 Å². The van der Waals surface area contributed by atoms with Crippen LogP contribution in [0, 0.1) is 6.92 Å². The summed E-state index contributed by atoms with van der Waals surface area (Å²) in [5.41, 5.74) is 4.83. The van der Waals surface area contributed by atoms with Crippen molar-refractivity contribution in [2.75, 3.05) is 0 Å². The topological polar surface area (TPSA) is 78.0 Å². The van der Waals surface area contributed by atoms with E-state index >= 15 is 0 Å². The summed E-state index contributed by atoms with van der Waals surface area (Å²) in [4.78, 5) is 34.7. The molecule has 6 nitrogen and oxygen atoms in total. The summed E-state index contributed by atoms with van der Waals surface area (Å²) in [6.07, 6.45) is 3.46. The second-order valence-electron chi connectivity index (χ2n) is 8.90. The summed E-state index contributed by atoms with van der Waals surface area (Å²) in [6, 6.07) is 16.7. The molecule has 0 aliphatic heterocycles. The maximum atomic E-state index is 13.4. The van der Waals surface area contributed by atoms with E-state index in [9.17, 15) is 9.59 Å². The molecule has 0 aliphatic rings. The Hall–Kier alpha value is -3.71. The molecule has 0 N–H and O–H groups in total. The highest BCUT2D eigenvalue weighted by molar-refractivity contribution is 7.98. The van der Waals surface area contributed by atoms with Gasteiger partial charge in [0.25, 0.3) is 5.56 Å². The maximum Gasteiger partial charge on any atom is 0.336 e. The van der Waals surface area contributed by atoms with Crippen LogP contribution in [-0.2, 0) is 12.3 Å². The van der Waals surface area contributed by atoms with Crippen LogP contribution in [0.15, 0.2) is 86.2 Å². The Balaban J connectivity index is 1.59. The van der Waals surface area contributed by atoms with Gasteiger partial charge in [-0.2, -0.15) is 0 Å². The van der Waals surface area contributed by atoms with Gasteiger partial charge in [-0.1, -0.05) is 43.8 Å². The highest BCUT2D eigenvalue weighted by Crippen LogP contribution is 2.30. The van der Waals surface area contributed by atoms with Gasteiger partial charge in [0.2, 0.25) is 0 Å². The van der Waals surface area contributed by atoms with Crippen molar-refractivity contribution < 1.29 is 4.42 Å². The average Bonchev–Trinajstić information content (AvgIpc) is 2.84. The third kappa shape index (κ3) is 4.64. The molecule has 7 heteroatoms. The van der Waals surface area contributed by atoms with Crippen molar-refractivity contribution in [3.05, 3.63) is 110 Å². The minimum absolute atomic E-state index is 0.0999. The van der Waals surface area contributed by atoms with E-state index in [-0.39, 0.29) is 11.2 Å². The van der Waals surface area contributed by atoms with Gasteiger partial charge in [-0.3, -0.25) is 14.3 Å². The molecule has 0 saturated heterocycles. The van der Waals surface area contributed by atoms with Gasteiger partial charge in [-0.25, -0.2) is 9.78 Å². The van der Waals surface area contributed by atoms with Gasteiger partial charge in [0.1, 0.15) is 5.58 Å². The number of aromatic nitrogens is 3. The smallest absolute Gasteiger partial charge is 0.336 e. The summed E-state index contributed by atoms with van der Waals surface area (Å²) < 4.78 is 7.19. The van der Waals surface area contributed by atoms with Crippen molar-refractivity contribution in [2.24, 2.45) is 0 Å². The molecule has 0 radical (unpaired) electrons. The molecule has 3 aromatic heterocycles. The van der Waals surface area contributed by atoms with Gasteiger partial charge in [0.05, 0.1) is 17.4 Å². The second-order valence-corrected chi connectivity index (χ2v) is 9.85. The van der Waals surface area contributed by atoms with Gasteiger partial charge in [0, 0.05) is 29.6 Å². The van der Waals surface area contributed by atoms with Gasteiger partial charge >= 0.3 is 5.63 Å². The van der Waals surface area contributed by atoms with E-state index in [1.165, 1.54) is 17.3 Å². The minimum atomic E-state index is -0.385. The third-order valence-electron chi connectivity index (χ3n) is 6.09. The Kier molecular flexibility index (Phi) is 6.26. The summed E-state index contributed by atoms with van der Waals surface area (Å²) in [7, 11) is 0. The highest BCUT2D eigenvalue weighted by atomic mass is 32.2. The van der Waals surface area contributed by atoms with E-state index < -0.39 is 0 Å². The Labute approximate surface area is 206 Å². The predicted octanol–water partition coefficient (Wildman–Crippen LogP) is 5.67. The summed E-state index contributed by atoms with van der Waals surface area (Å²) >= 11 is 1.44. The number of fused-ring (bicyclic) bond motifs is 2. The first-order valence-corrected chi connectivity index (χ1v) is 12.5. The van der Waals surface area contributed by atoms with Gasteiger partial charge in [0.15, 0.2) is 5.16 Å². The fourth-order valence-corrected chi connectivity index (χ4v) is 5.34. The number of rotatable bonds is 6. The van der Waals surface area contributed by atoms with Gasteiger partial charge in [-0.15, -0.1) is 0 Å². The van der Waals surface area contributed by atoms with Crippen molar-refractivity contribution in [3.8, 4) is 0 Å². The molecule has 35 heavy (non-hydrogen) atoms. The molecule has 0 aliphatic carbocycles. The quantitative estimate of drug-likeness (QED) is 0.176. The van der Waals surface area contributed by atoms with Gasteiger partial charge in [-0.05, 0) is 65.4 Å². The van der Waals surface area contributed by atoms with E-state index in [2.05, 4.69) is 24.9 Å². The van der Waals surface area contributed by atoms with Crippen molar-refractivity contribution in [3.63, 3.8) is 0 Å². The van der Waals surface area contributed by atoms with E-state index in [0.29, 0.717) is 39.9 Å². The number of aryl methyl sites for hydroxylation is 1. The monoisotopic (exact) mass is 483 g/mol. The zero-order chi connectivity index (χ0) is 24.5. The van der Waals surface area contributed by atoms with Gasteiger partial charge < -0.3 is 4.42 Å². The van der Waals surface area contributed by atoms with E-state index in [1.54, 1.807) is 29.1 Å². The van der Waals surface area contributed by atoms with Crippen LogP contribution in [-0.4, -0.2) is 14.5 Å². The zero-order valence-electron chi connectivity index (χ0n) is 19.8. The number of hydrogen-bond donors (Lipinski definition) is 0. The fraction of sp³-hybridized carbons (Fsp3) is 0.214. The van der Waals surface area contributed by atoms with Crippen LogP contribution in [0.5, 0.6) is 0 Å². The lowest BCUT2D eigenvalue weighted by atomic mass is 9.95. The molecule has 0 spiro atoms. The Morgan fingerprint density at radius 1 is 1.03 bits per heavy atom. The first kappa shape index (κ1) is 23.1. The molecular weight excluding hydrogens is 458 g/mol. The summed E-state index contributed by atoms with van der Waals surface area (Å²) in [5.74, 6) is 0.819. The molecule has 5 aromatic rings. The molecule has 176 valence electrons. The zero-order valence-corrected chi connectivity index (χ0v) is 20.6. The SMILES string of the molecule is Cc1cc2oc(=O)cc(CSc3nc4ccccc4c(=O)n3Cc3cccnc3)c2cc1C(C)C. The Morgan fingerprint density at radius 2 is 1.86 bits per heavy atom. The number of thioether (sulfide) groups is 1. The third-order valence-corrected chi connectivity index (χ3v) is 7.11. The van der Waals surface area contributed by atoms with Crippen molar-refractivity contribution in [1.29, 1.82) is 0 Å². The molecule has 0 atom stereocenters. The second kappa shape index (κ2) is 9.50. The molecule has 0 unspecified atom stereocenters. The minimum Gasteiger partial charge on any atom is -0.423 e. The van der Waals surface area contributed by atoms with Crippen molar-refractivity contribution >= 4 is 33.6 Å². The van der Waals surface area contributed by atoms with Crippen LogP contribution in [0.4, 0.5) is 0 Å². The Bertz CT molecular complexity index is 1660. The van der Waals surface area contributed by atoms with Crippen LogP contribution < -0.4 is 11.2 Å². The predicted molar refractivity (Wildman–Crippen MR) is 140 cm³/mol. The molecule has 5 rings (SSSR count). The first-order chi connectivity index (χ1) is 16.9. The lowest BCUT2D eigenvalue weighted by Gasteiger charge is -2.15. The molecule has 0 amide bonds. The molecule has 0 fully saturated rings. The maximum absolute atomic E-state index is 13.4. The standard InChI is InChI=1S/C28H25N3O3S/c1-17(2)22-13-23-20(12-26(32)34-25(23)11-18(22)3)16-35-28-30-24-9-5-4-8-21(24)27(33)31(28)15-19-7-6-10-29-14-19/h4-14,17H,15-16H2,1-3H3. The van der Waals surface area contributed by atoms with Crippen molar-refractivity contribution in [1.82, 2.24) is 14.5 Å². The highest BCUT2D eigenvalue weighted by Gasteiger charge is 2.15. The fourth-order valence-electron chi connectivity index (χ4n) is 4.35. The number of nitrogens with zero attached hydrogens (tertiary/aromatic N) is 3. The number of pyridine rings is 1. The average molecular weight is 484 g/mol. The number of benzene rings is 2. The van der Waals surface area contributed by atoms with Crippen LogP contribution in [0.1, 0.15) is 42.0 Å². The van der Waals surface area contributed by atoms with Crippen LogP contribution >= 0.6 is 11.8 Å². The lowest BCUT2D eigenvalue weighted by Crippen LogP contribution is -2.24. The Morgan fingerprint density at radius 3 is 2.63 bits per heavy atom. The normalized spacial score (nSPS) is 11.5. The van der Waals surface area contributed by atoms with Crippen LogP contribution in [0.25, 0.3) is 21.9 Å². The molecular formula is C28H25N3O3S. The molecule has 0 saturated carbocycles. The number of para-hydroxylation sites is 1. The largest absolute Gasteiger partial charge is 0.423 e. The van der Waals surface area contributed by atoms with Crippen LogP contribution in [0.2, 0.25) is 0 Å². The molecule has 2 aromatic carbocycles. The first-order valence-electron chi connectivity index (χ1n) is 11.5. The summed E-state index contributed by atoms with van der Waals surface area (Å²) in [5, 5.41) is 2.08. The molecule has 0 bridgehead atoms. The summed E-state index contributed by atoms with van der Waals surface area (Å²) in [6.45, 7) is 6.70. The van der Waals surface area contributed by atoms with Crippen molar-refractivity contribution in [2.45, 2.75) is 44.1 Å². The van der Waals surface area contributed by atoms with E-state index in [4.69, 9.17) is 9.40 Å². The van der Waals surface area contributed by atoms with E-state index in [1.807, 2.05) is 43.3 Å². The lowest BCUT2D eigenvalue weighted by molar-refractivity contribution is 0.559. The number of hydrogen-bond acceptors (Lipinski definition) is 6. The molecule has 3 heterocycles. The van der Waals surface area contributed by atoms with Crippen LogP contribution in [0.3, 0.4) is 0 Å².